The Balaban J connectivity index is 1.63. The first-order chi connectivity index (χ1) is 12.9. The molecule has 0 aliphatic heterocycles. The Labute approximate surface area is 167 Å². The van der Waals surface area contributed by atoms with Crippen LogP contribution >= 0.6 is 22.9 Å². The number of nitrogens with one attached hydrogen (secondary N) is 1. The van der Waals surface area contributed by atoms with E-state index >= 15 is 0 Å². The third kappa shape index (κ3) is 3.66. The summed E-state index contributed by atoms with van der Waals surface area (Å²) in [4.78, 5) is 29.2. The van der Waals surface area contributed by atoms with Crippen molar-refractivity contribution in [1.29, 1.82) is 0 Å². The van der Waals surface area contributed by atoms with Gasteiger partial charge in [-0.1, -0.05) is 24.6 Å². The minimum atomic E-state index is -0.0178. The molecule has 0 spiro atoms. The highest BCUT2D eigenvalue weighted by atomic mass is 35.5. The summed E-state index contributed by atoms with van der Waals surface area (Å²) in [7, 11) is 2.02. The van der Waals surface area contributed by atoms with Gasteiger partial charge in [-0.15, -0.1) is 11.3 Å². The molecule has 0 bridgehead atoms. The van der Waals surface area contributed by atoms with Crippen LogP contribution in [0.2, 0.25) is 5.15 Å². The van der Waals surface area contributed by atoms with E-state index in [0.717, 1.165) is 35.0 Å². The number of halogens is 1. The molecule has 1 N–H and O–H groups in total. The Bertz CT molecular complexity index is 1030. The summed E-state index contributed by atoms with van der Waals surface area (Å²) < 4.78 is 0. The van der Waals surface area contributed by atoms with Crippen LogP contribution in [0.25, 0.3) is 10.2 Å². The van der Waals surface area contributed by atoms with Crippen molar-refractivity contribution in [1.82, 2.24) is 19.9 Å². The molecule has 0 saturated carbocycles. The van der Waals surface area contributed by atoms with Crippen LogP contribution in [0.15, 0.2) is 23.1 Å². The molecule has 1 aliphatic carbocycles. The molecule has 2 atom stereocenters. The number of hydrogen-bond acceptors (Lipinski definition) is 5. The molecule has 3 aromatic heterocycles. The monoisotopic (exact) mass is 402 g/mol. The average molecular weight is 403 g/mol. The Morgan fingerprint density at radius 1 is 1.44 bits per heavy atom. The van der Waals surface area contributed by atoms with Crippen LogP contribution in [0.5, 0.6) is 0 Å². The van der Waals surface area contributed by atoms with E-state index in [9.17, 15) is 4.79 Å². The molecule has 0 radical (unpaired) electrons. The molecule has 0 unspecified atom stereocenters. The quantitative estimate of drug-likeness (QED) is 0.659. The molecular formula is C20H23ClN4OS. The lowest BCUT2D eigenvalue weighted by Crippen LogP contribution is -2.26. The third-order valence-corrected chi connectivity index (χ3v) is 6.83. The third-order valence-electron chi connectivity index (χ3n) is 5.46. The van der Waals surface area contributed by atoms with E-state index in [1.165, 1.54) is 10.4 Å². The van der Waals surface area contributed by atoms with E-state index in [2.05, 4.69) is 28.7 Å². The van der Waals surface area contributed by atoms with Gasteiger partial charge >= 0.3 is 0 Å². The second-order valence-corrected chi connectivity index (χ2v) is 9.03. The van der Waals surface area contributed by atoms with Gasteiger partial charge in [-0.05, 0) is 56.3 Å². The second kappa shape index (κ2) is 7.34. The van der Waals surface area contributed by atoms with Crippen LogP contribution in [-0.2, 0) is 19.4 Å². The van der Waals surface area contributed by atoms with Crippen LogP contribution in [0.4, 0.5) is 0 Å². The van der Waals surface area contributed by atoms with Crippen molar-refractivity contribution >= 4 is 33.2 Å². The van der Waals surface area contributed by atoms with Crippen molar-refractivity contribution in [2.24, 2.45) is 5.92 Å². The molecule has 4 rings (SSSR count). The van der Waals surface area contributed by atoms with Gasteiger partial charge in [-0.25, -0.2) is 9.97 Å². The maximum absolute atomic E-state index is 12.8. The number of rotatable bonds is 4. The zero-order chi connectivity index (χ0) is 19.1. The number of thiophene rings is 1. The number of H-pyrrole nitrogens is 1. The number of aryl methyl sites for hydroxylation is 1. The molecule has 0 aromatic carbocycles. The van der Waals surface area contributed by atoms with Crippen LogP contribution in [0.1, 0.15) is 48.1 Å². The fraction of sp³-hybridized carbons (Fsp3) is 0.450. The van der Waals surface area contributed by atoms with E-state index in [1.807, 2.05) is 13.1 Å². The second-order valence-electron chi connectivity index (χ2n) is 7.56. The maximum atomic E-state index is 12.8. The summed E-state index contributed by atoms with van der Waals surface area (Å²) in [5.74, 6) is 1.39. The Kier molecular flexibility index (Phi) is 5.05. The Morgan fingerprint density at radius 3 is 3.00 bits per heavy atom. The molecule has 0 amide bonds. The van der Waals surface area contributed by atoms with E-state index in [1.54, 1.807) is 23.6 Å². The zero-order valence-corrected chi connectivity index (χ0v) is 17.3. The number of aromatic amines is 1. The predicted molar refractivity (Wildman–Crippen MR) is 111 cm³/mol. The highest BCUT2D eigenvalue weighted by molar-refractivity contribution is 7.18. The van der Waals surface area contributed by atoms with Gasteiger partial charge in [0.2, 0.25) is 0 Å². The highest BCUT2D eigenvalue weighted by Gasteiger charge is 2.24. The lowest BCUT2D eigenvalue weighted by Gasteiger charge is -2.23. The first kappa shape index (κ1) is 18.6. The van der Waals surface area contributed by atoms with Crippen LogP contribution < -0.4 is 5.56 Å². The Morgan fingerprint density at radius 2 is 2.26 bits per heavy atom. The molecule has 1 aliphatic rings. The maximum Gasteiger partial charge on any atom is 0.259 e. The lowest BCUT2D eigenvalue weighted by atomic mass is 9.89. The van der Waals surface area contributed by atoms with Gasteiger partial charge in [0.1, 0.15) is 15.8 Å². The zero-order valence-electron chi connectivity index (χ0n) is 15.8. The van der Waals surface area contributed by atoms with Crippen molar-refractivity contribution in [2.45, 2.75) is 45.7 Å². The van der Waals surface area contributed by atoms with Gasteiger partial charge in [-0.2, -0.15) is 0 Å². The predicted octanol–water partition coefficient (Wildman–Crippen LogP) is 4.35. The standard InChI is InChI=1S/C20H23ClN4OS/c1-11-4-6-14-15(8-11)27-20-17(14)19(26)23-18(24-20)12(2)25(3)10-13-5-7-16(21)22-9-13/h5,7,9,11-12H,4,6,8,10H2,1-3H3,(H,23,24,26)/t11-,12-/m0/s1. The average Bonchev–Trinajstić information content (AvgIpc) is 3.00. The van der Waals surface area contributed by atoms with Gasteiger partial charge in [0, 0.05) is 17.6 Å². The first-order valence-corrected chi connectivity index (χ1v) is 10.5. The van der Waals surface area contributed by atoms with Crippen LogP contribution in [0.3, 0.4) is 0 Å². The van der Waals surface area contributed by atoms with Crippen molar-refractivity contribution in [3.05, 3.63) is 55.7 Å². The summed E-state index contributed by atoms with van der Waals surface area (Å²) in [6.07, 6.45) is 4.97. The number of aromatic nitrogens is 3. The van der Waals surface area contributed by atoms with Crippen LogP contribution in [-0.4, -0.2) is 26.9 Å². The first-order valence-electron chi connectivity index (χ1n) is 9.27. The van der Waals surface area contributed by atoms with Crippen molar-refractivity contribution in [3.63, 3.8) is 0 Å². The molecular weight excluding hydrogens is 380 g/mol. The van der Waals surface area contributed by atoms with Gasteiger partial charge in [0.05, 0.1) is 11.4 Å². The van der Waals surface area contributed by atoms with Gasteiger partial charge in [0.25, 0.3) is 5.56 Å². The molecule has 27 heavy (non-hydrogen) atoms. The molecule has 3 aromatic rings. The minimum Gasteiger partial charge on any atom is -0.309 e. The lowest BCUT2D eigenvalue weighted by molar-refractivity contribution is 0.243. The van der Waals surface area contributed by atoms with Crippen LogP contribution in [0, 0.1) is 5.92 Å². The van der Waals surface area contributed by atoms with E-state index in [-0.39, 0.29) is 11.6 Å². The smallest absolute Gasteiger partial charge is 0.259 e. The summed E-state index contributed by atoms with van der Waals surface area (Å²) in [5.41, 5.74) is 2.29. The van der Waals surface area contributed by atoms with E-state index in [4.69, 9.17) is 16.6 Å². The highest BCUT2D eigenvalue weighted by Crippen LogP contribution is 2.36. The number of nitrogens with zero attached hydrogens (tertiary/aromatic N) is 3. The SMILES string of the molecule is C[C@H]1CCc2c(sc3nc([C@H](C)N(C)Cc4ccc(Cl)nc4)[nH]c(=O)c23)C1. The molecule has 7 heteroatoms. The summed E-state index contributed by atoms with van der Waals surface area (Å²) in [6, 6.07) is 3.74. The number of pyridine rings is 1. The number of fused-ring (bicyclic) bond motifs is 3. The van der Waals surface area contributed by atoms with Crippen molar-refractivity contribution < 1.29 is 0 Å². The number of hydrogen-bond donors (Lipinski definition) is 1. The molecule has 3 heterocycles. The van der Waals surface area contributed by atoms with Gasteiger partial charge < -0.3 is 4.98 Å². The summed E-state index contributed by atoms with van der Waals surface area (Å²) in [6.45, 7) is 5.04. The fourth-order valence-electron chi connectivity index (χ4n) is 3.70. The Hall–Kier alpha value is -1.76. The minimum absolute atomic E-state index is 0.00420. The largest absolute Gasteiger partial charge is 0.309 e. The van der Waals surface area contributed by atoms with Crippen molar-refractivity contribution in [3.8, 4) is 0 Å². The normalized spacial score (nSPS) is 18.0. The molecule has 0 fully saturated rings. The molecule has 142 valence electrons. The van der Waals surface area contributed by atoms with Gasteiger partial charge in [-0.3, -0.25) is 9.69 Å². The molecule has 5 nitrogen and oxygen atoms in total. The topological polar surface area (TPSA) is 61.9 Å². The summed E-state index contributed by atoms with van der Waals surface area (Å²) in [5, 5.41) is 1.30. The van der Waals surface area contributed by atoms with Crippen molar-refractivity contribution in [2.75, 3.05) is 7.05 Å². The van der Waals surface area contributed by atoms with Gasteiger partial charge in [0.15, 0.2) is 0 Å². The summed E-state index contributed by atoms with van der Waals surface area (Å²) >= 11 is 7.55. The molecule has 0 saturated heterocycles. The van der Waals surface area contributed by atoms with E-state index < -0.39 is 0 Å². The van der Waals surface area contributed by atoms with E-state index in [0.29, 0.717) is 23.4 Å². The fourth-order valence-corrected chi connectivity index (χ4v) is 5.20.